The van der Waals surface area contributed by atoms with Crippen LogP contribution in [0.3, 0.4) is 0 Å². The van der Waals surface area contributed by atoms with E-state index in [1.54, 1.807) is 24.7 Å². The molecule has 2 aromatic heterocycles. The van der Waals surface area contributed by atoms with Crippen molar-refractivity contribution >= 4 is 23.5 Å². The molecule has 2 saturated heterocycles. The largest absolute Gasteiger partial charge is 0.474 e. The number of nitrogens with one attached hydrogen (secondary N) is 1. The first-order valence-electron chi connectivity index (χ1n) is 12.8. The van der Waals surface area contributed by atoms with Crippen LogP contribution >= 0.6 is 0 Å². The number of morpholine rings is 1. The quantitative estimate of drug-likeness (QED) is 0.495. The molecule has 1 atom stereocenters. The molecular weight excluding hydrogens is 494 g/mol. The highest BCUT2D eigenvalue weighted by atomic mass is 19.1. The first-order chi connectivity index (χ1) is 18.6. The fourth-order valence-corrected chi connectivity index (χ4v) is 4.80. The summed E-state index contributed by atoms with van der Waals surface area (Å²) in [6.07, 6.45) is 6.68. The topological polar surface area (TPSA) is 94.0 Å². The van der Waals surface area contributed by atoms with Gasteiger partial charge >= 0.3 is 0 Å². The van der Waals surface area contributed by atoms with Crippen LogP contribution in [0.4, 0.5) is 26.1 Å². The van der Waals surface area contributed by atoms with Crippen LogP contribution in [0.25, 0.3) is 0 Å². The predicted molar refractivity (Wildman–Crippen MR) is 136 cm³/mol. The number of hydrogen-bond donors (Lipinski definition) is 1. The number of nitrogens with zero attached hydrogens (tertiary/aromatic N) is 5. The summed E-state index contributed by atoms with van der Waals surface area (Å²) in [5, 5.41) is 3.13. The molecule has 0 radical (unpaired) electrons. The Labute approximate surface area is 218 Å². The molecule has 1 unspecified atom stereocenters. The standard InChI is InChI=1S/C27H28F2N6O3/c28-22-11-17(12-23(29)21(22)16-35-5-9-37-10-6-35)20-14-30-24-15-32-27(34-26(20)24)33-18-1-2-25(31-13-18)38-19-3-7-36-8-4-19/h1-2,11-15,19-20H,3-10,16H2,(H,32,33,34). The molecule has 5 heterocycles. The summed E-state index contributed by atoms with van der Waals surface area (Å²) >= 11 is 0. The van der Waals surface area contributed by atoms with E-state index in [2.05, 4.69) is 25.3 Å². The van der Waals surface area contributed by atoms with Gasteiger partial charge < -0.3 is 19.5 Å². The molecule has 38 heavy (non-hydrogen) atoms. The summed E-state index contributed by atoms with van der Waals surface area (Å²) in [6, 6.07) is 6.38. The van der Waals surface area contributed by atoms with Gasteiger partial charge in [-0.3, -0.25) is 9.89 Å². The Bertz CT molecular complexity index is 1290. The number of halogens is 2. The highest BCUT2D eigenvalue weighted by Gasteiger charge is 2.26. The van der Waals surface area contributed by atoms with Crippen molar-refractivity contribution in [1.82, 2.24) is 19.9 Å². The van der Waals surface area contributed by atoms with Crippen molar-refractivity contribution in [3.8, 4) is 5.88 Å². The smallest absolute Gasteiger partial charge is 0.227 e. The molecule has 3 aliphatic heterocycles. The zero-order valence-corrected chi connectivity index (χ0v) is 20.8. The molecule has 9 nitrogen and oxygen atoms in total. The molecule has 0 saturated carbocycles. The van der Waals surface area contributed by atoms with Gasteiger partial charge in [-0.2, -0.15) is 0 Å². The fraction of sp³-hybridized carbons (Fsp3) is 0.407. The van der Waals surface area contributed by atoms with Gasteiger partial charge in [0.25, 0.3) is 0 Å². The van der Waals surface area contributed by atoms with Gasteiger partial charge in [0.2, 0.25) is 11.8 Å². The molecule has 1 aromatic carbocycles. The number of aliphatic imine (C=N–C) groups is 1. The van der Waals surface area contributed by atoms with Gasteiger partial charge in [0.15, 0.2) is 0 Å². The molecule has 198 valence electrons. The summed E-state index contributed by atoms with van der Waals surface area (Å²) in [5.74, 6) is -0.746. The van der Waals surface area contributed by atoms with Gasteiger partial charge in [-0.1, -0.05) is 0 Å². The number of benzene rings is 1. The number of fused-ring (bicyclic) bond motifs is 1. The van der Waals surface area contributed by atoms with Gasteiger partial charge in [-0.05, 0) is 23.8 Å². The Kier molecular flexibility index (Phi) is 7.21. The number of hydrogen-bond acceptors (Lipinski definition) is 9. The Morgan fingerprint density at radius 1 is 0.974 bits per heavy atom. The lowest BCUT2D eigenvalue weighted by atomic mass is 9.95. The van der Waals surface area contributed by atoms with Crippen molar-refractivity contribution in [2.24, 2.45) is 4.99 Å². The Hall–Kier alpha value is -3.54. The van der Waals surface area contributed by atoms with Crippen LogP contribution in [0.15, 0.2) is 41.7 Å². The third kappa shape index (κ3) is 5.50. The molecular formula is C27H28F2N6O3. The maximum Gasteiger partial charge on any atom is 0.227 e. The van der Waals surface area contributed by atoms with E-state index in [9.17, 15) is 0 Å². The number of rotatable bonds is 7. The van der Waals surface area contributed by atoms with E-state index in [0.717, 1.165) is 12.8 Å². The van der Waals surface area contributed by atoms with E-state index in [0.29, 0.717) is 74.0 Å². The third-order valence-corrected chi connectivity index (χ3v) is 6.91. The van der Waals surface area contributed by atoms with Gasteiger partial charge in [0, 0.05) is 50.3 Å². The van der Waals surface area contributed by atoms with E-state index >= 15 is 8.78 Å². The average molecular weight is 523 g/mol. The van der Waals surface area contributed by atoms with Gasteiger partial charge in [0.05, 0.1) is 56.1 Å². The second-order valence-electron chi connectivity index (χ2n) is 9.51. The SMILES string of the molecule is Fc1cc(C2C=Nc3cnc(Nc4ccc(OC5CCOCC5)nc4)nc32)cc(F)c1CN1CCOCC1. The highest BCUT2D eigenvalue weighted by Crippen LogP contribution is 2.36. The van der Waals surface area contributed by atoms with Crippen LogP contribution in [0.5, 0.6) is 5.88 Å². The second-order valence-corrected chi connectivity index (χ2v) is 9.51. The number of anilines is 2. The normalized spacial score (nSPS) is 19.9. The number of ether oxygens (including phenoxy) is 3. The first kappa shape index (κ1) is 24.8. The van der Waals surface area contributed by atoms with Crippen LogP contribution < -0.4 is 10.1 Å². The van der Waals surface area contributed by atoms with Crippen molar-refractivity contribution in [1.29, 1.82) is 0 Å². The van der Waals surface area contributed by atoms with E-state index in [4.69, 9.17) is 14.2 Å². The number of pyridine rings is 1. The molecule has 11 heteroatoms. The Balaban J connectivity index is 1.16. The molecule has 3 aliphatic rings. The lowest BCUT2D eigenvalue weighted by Gasteiger charge is -2.27. The van der Waals surface area contributed by atoms with Crippen LogP contribution in [-0.2, 0) is 16.0 Å². The Morgan fingerprint density at radius 2 is 1.74 bits per heavy atom. The molecule has 2 fully saturated rings. The maximum atomic E-state index is 15.0. The lowest BCUT2D eigenvalue weighted by molar-refractivity contribution is 0.0237. The average Bonchev–Trinajstić information content (AvgIpc) is 3.36. The minimum absolute atomic E-state index is 0.0626. The Morgan fingerprint density at radius 3 is 2.47 bits per heavy atom. The van der Waals surface area contributed by atoms with E-state index < -0.39 is 17.6 Å². The molecule has 0 spiro atoms. The minimum atomic E-state index is -0.574. The molecule has 6 rings (SSSR count). The van der Waals surface area contributed by atoms with Gasteiger partial charge in [-0.25, -0.2) is 23.7 Å². The molecule has 0 bridgehead atoms. The van der Waals surface area contributed by atoms with Crippen molar-refractivity contribution in [2.45, 2.75) is 31.4 Å². The predicted octanol–water partition coefficient (Wildman–Crippen LogP) is 4.13. The van der Waals surface area contributed by atoms with Gasteiger partial charge in [-0.15, -0.1) is 0 Å². The monoisotopic (exact) mass is 522 g/mol. The highest BCUT2D eigenvalue weighted by molar-refractivity contribution is 5.83. The number of aromatic nitrogens is 3. The first-order valence-corrected chi connectivity index (χ1v) is 12.8. The van der Waals surface area contributed by atoms with Crippen LogP contribution in [0.2, 0.25) is 0 Å². The maximum absolute atomic E-state index is 15.0. The molecule has 3 aromatic rings. The van der Waals surface area contributed by atoms with Crippen LogP contribution in [0, 0.1) is 11.6 Å². The van der Waals surface area contributed by atoms with Crippen molar-refractivity contribution < 1.29 is 23.0 Å². The summed E-state index contributed by atoms with van der Waals surface area (Å²) in [6.45, 7) is 4.04. The summed E-state index contributed by atoms with van der Waals surface area (Å²) in [4.78, 5) is 19.7. The summed E-state index contributed by atoms with van der Waals surface area (Å²) in [5.41, 5.74) is 2.35. The zero-order valence-electron chi connectivity index (χ0n) is 20.8. The minimum Gasteiger partial charge on any atom is -0.474 e. The third-order valence-electron chi connectivity index (χ3n) is 6.91. The van der Waals surface area contributed by atoms with E-state index in [-0.39, 0.29) is 18.2 Å². The molecule has 0 aliphatic carbocycles. The van der Waals surface area contributed by atoms with E-state index in [1.165, 1.54) is 12.1 Å². The second kappa shape index (κ2) is 11.1. The summed E-state index contributed by atoms with van der Waals surface area (Å²) < 4.78 is 46.7. The van der Waals surface area contributed by atoms with Crippen molar-refractivity contribution in [3.63, 3.8) is 0 Å². The molecule has 0 amide bonds. The van der Waals surface area contributed by atoms with Crippen molar-refractivity contribution in [3.05, 3.63) is 65.1 Å². The van der Waals surface area contributed by atoms with E-state index in [1.807, 2.05) is 11.0 Å². The molecule has 1 N–H and O–H groups in total. The van der Waals surface area contributed by atoms with Crippen molar-refractivity contribution in [2.75, 3.05) is 44.8 Å². The van der Waals surface area contributed by atoms with Gasteiger partial charge in [0.1, 0.15) is 23.4 Å². The fourth-order valence-electron chi connectivity index (χ4n) is 4.80. The zero-order chi connectivity index (χ0) is 25.9. The van der Waals surface area contributed by atoms with Crippen LogP contribution in [-0.4, -0.2) is 71.7 Å². The van der Waals surface area contributed by atoms with Crippen LogP contribution in [0.1, 0.15) is 35.6 Å². The lowest BCUT2D eigenvalue weighted by Crippen LogP contribution is -2.36. The summed E-state index contributed by atoms with van der Waals surface area (Å²) in [7, 11) is 0.